The number of hydrogen-bond acceptors (Lipinski definition) is 1. The highest BCUT2D eigenvalue weighted by Crippen LogP contribution is 2.24. The lowest BCUT2D eigenvalue weighted by Crippen LogP contribution is -2.15. The molecule has 1 aromatic carbocycles. The van der Waals surface area contributed by atoms with Crippen molar-refractivity contribution in [1.29, 1.82) is 0 Å². The monoisotopic (exact) mass is 284 g/mol. The molecular weight excluding hydrogens is 264 g/mol. The molecule has 16 heavy (non-hydrogen) atoms. The predicted molar refractivity (Wildman–Crippen MR) is 73.5 cm³/mol. The van der Waals surface area contributed by atoms with Crippen molar-refractivity contribution < 1.29 is 4.74 Å². The molecule has 0 amide bonds. The van der Waals surface area contributed by atoms with Crippen molar-refractivity contribution >= 4 is 15.9 Å². The Morgan fingerprint density at radius 1 is 1.12 bits per heavy atom. The average Bonchev–Trinajstić information content (AvgIpc) is 2.31. The Morgan fingerprint density at radius 2 is 1.69 bits per heavy atom. The SMILES string of the molecule is CCC(CC)C(Br)Cc1ccc(OC)cc1. The van der Waals surface area contributed by atoms with Crippen LogP contribution in [0.4, 0.5) is 0 Å². The van der Waals surface area contributed by atoms with Gasteiger partial charge in [0.2, 0.25) is 0 Å². The van der Waals surface area contributed by atoms with Crippen LogP contribution in [0.15, 0.2) is 24.3 Å². The molecule has 0 radical (unpaired) electrons. The largest absolute Gasteiger partial charge is 0.497 e. The maximum atomic E-state index is 5.15. The molecule has 0 aliphatic heterocycles. The zero-order chi connectivity index (χ0) is 12.0. The molecule has 0 fully saturated rings. The average molecular weight is 285 g/mol. The van der Waals surface area contributed by atoms with Gasteiger partial charge in [-0.1, -0.05) is 54.8 Å². The number of methoxy groups -OCH3 is 1. The third-order valence-electron chi connectivity index (χ3n) is 3.15. The Hall–Kier alpha value is -0.500. The summed E-state index contributed by atoms with van der Waals surface area (Å²) in [4.78, 5) is 0.580. The molecule has 0 spiro atoms. The first-order chi connectivity index (χ1) is 7.71. The molecule has 0 aliphatic rings. The van der Waals surface area contributed by atoms with Crippen molar-refractivity contribution in [3.63, 3.8) is 0 Å². The Morgan fingerprint density at radius 3 is 2.12 bits per heavy atom. The van der Waals surface area contributed by atoms with Gasteiger partial charge in [0.15, 0.2) is 0 Å². The van der Waals surface area contributed by atoms with Crippen molar-refractivity contribution in [2.45, 2.75) is 37.9 Å². The van der Waals surface area contributed by atoms with Gasteiger partial charge in [-0.15, -0.1) is 0 Å². The van der Waals surface area contributed by atoms with Crippen LogP contribution >= 0.6 is 15.9 Å². The zero-order valence-electron chi connectivity index (χ0n) is 10.4. The maximum absolute atomic E-state index is 5.15. The van der Waals surface area contributed by atoms with E-state index in [2.05, 4.69) is 41.9 Å². The maximum Gasteiger partial charge on any atom is 0.118 e. The van der Waals surface area contributed by atoms with Gasteiger partial charge in [0.1, 0.15) is 5.75 Å². The number of halogens is 1. The van der Waals surface area contributed by atoms with E-state index in [9.17, 15) is 0 Å². The summed E-state index contributed by atoms with van der Waals surface area (Å²) in [5.74, 6) is 1.69. The molecule has 1 unspecified atom stereocenters. The summed E-state index contributed by atoms with van der Waals surface area (Å²) in [5.41, 5.74) is 1.37. The molecule has 0 aliphatic carbocycles. The number of ether oxygens (including phenoxy) is 1. The van der Waals surface area contributed by atoms with E-state index in [1.165, 1.54) is 18.4 Å². The second-order valence-corrected chi connectivity index (χ2v) is 5.32. The molecule has 1 aromatic rings. The Labute approximate surface area is 107 Å². The highest BCUT2D eigenvalue weighted by atomic mass is 79.9. The third kappa shape index (κ3) is 3.82. The lowest BCUT2D eigenvalue weighted by molar-refractivity contribution is 0.414. The second kappa shape index (κ2) is 6.95. The summed E-state index contributed by atoms with van der Waals surface area (Å²) < 4.78 is 5.15. The topological polar surface area (TPSA) is 9.23 Å². The summed E-state index contributed by atoms with van der Waals surface area (Å²) in [6.07, 6.45) is 3.57. The van der Waals surface area contributed by atoms with Gasteiger partial charge >= 0.3 is 0 Å². The molecule has 0 saturated carbocycles. The molecule has 0 heterocycles. The standard InChI is InChI=1S/C14H21BrO/c1-4-12(5-2)14(15)10-11-6-8-13(16-3)9-7-11/h6-9,12,14H,4-5,10H2,1-3H3. The van der Waals surface area contributed by atoms with Crippen LogP contribution in [-0.4, -0.2) is 11.9 Å². The van der Waals surface area contributed by atoms with Gasteiger partial charge in [0.25, 0.3) is 0 Å². The lowest BCUT2D eigenvalue weighted by Gasteiger charge is -2.19. The van der Waals surface area contributed by atoms with Crippen LogP contribution < -0.4 is 4.74 Å². The van der Waals surface area contributed by atoms with E-state index in [-0.39, 0.29) is 0 Å². The quantitative estimate of drug-likeness (QED) is 0.702. The summed E-state index contributed by atoms with van der Waals surface area (Å²) >= 11 is 3.81. The minimum Gasteiger partial charge on any atom is -0.497 e. The smallest absolute Gasteiger partial charge is 0.118 e. The van der Waals surface area contributed by atoms with Crippen molar-refractivity contribution in [2.24, 2.45) is 5.92 Å². The summed E-state index contributed by atoms with van der Waals surface area (Å²) in [6.45, 7) is 4.52. The molecule has 0 bridgehead atoms. The van der Waals surface area contributed by atoms with Crippen LogP contribution in [0, 0.1) is 5.92 Å². The fourth-order valence-electron chi connectivity index (χ4n) is 1.95. The highest BCUT2D eigenvalue weighted by molar-refractivity contribution is 9.09. The van der Waals surface area contributed by atoms with Gasteiger partial charge in [-0.3, -0.25) is 0 Å². The van der Waals surface area contributed by atoms with Crippen LogP contribution in [0.5, 0.6) is 5.75 Å². The molecule has 1 atom stereocenters. The van der Waals surface area contributed by atoms with Gasteiger partial charge in [-0.05, 0) is 30.0 Å². The van der Waals surface area contributed by atoms with Gasteiger partial charge < -0.3 is 4.74 Å². The van der Waals surface area contributed by atoms with E-state index >= 15 is 0 Å². The van der Waals surface area contributed by atoms with E-state index in [1.807, 2.05) is 12.1 Å². The molecular formula is C14H21BrO. The molecule has 2 heteroatoms. The Kier molecular flexibility index (Phi) is 5.89. The first-order valence-electron chi connectivity index (χ1n) is 5.98. The van der Waals surface area contributed by atoms with Crippen LogP contribution in [-0.2, 0) is 6.42 Å². The Balaban J connectivity index is 2.58. The number of hydrogen-bond donors (Lipinski definition) is 0. The highest BCUT2D eigenvalue weighted by Gasteiger charge is 2.15. The van der Waals surface area contributed by atoms with Crippen molar-refractivity contribution in [3.05, 3.63) is 29.8 Å². The minimum absolute atomic E-state index is 0.580. The number of alkyl halides is 1. The van der Waals surface area contributed by atoms with E-state index in [1.54, 1.807) is 7.11 Å². The van der Waals surface area contributed by atoms with Gasteiger partial charge in [0, 0.05) is 4.83 Å². The second-order valence-electron chi connectivity index (χ2n) is 4.14. The first kappa shape index (κ1) is 13.6. The molecule has 1 rings (SSSR count). The van der Waals surface area contributed by atoms with E-state index in [0.717, 1.165) is 18.1 Å². The van der Waals surface area contributed by atoms with Gasteiger partial charge in [-0.2, -0.15) is 0 Å². The minimum atomic E-state index is 0.580. The molecule has 0 aromatic heterocycles. The van der Waals surface area contributed by atoms with E-state index in [4.69, 9.17) is 4.74 Å². The van der Waals surface area contributed by atoms with Gasteiger partial charge in [-0.25, -0.2) is 0 Å². The Bertz CT molecular complexity index is 290. The summed E-state index contributed by atoms with van der Waals surface area (Å²) in [5, 5.41) is 0. The molecule has 1 nitrogen and oxygen atoms in total. The first-order valence-corrected chi connectivity index (χ1v) is 6.89. The van der Waals surface area contributed by atoms with Crippen molar-refractivity contribution in [1.82, 2.24) is 0 Å². The molecule has 0 N–H and O–H groups in total. The summed E-state index contributed by atoms with van der Waals surface area (Å²) in [7, 11) is 1.70. The van der Waals surface area contributed by atoms with Crippen LogP contribution in [0.25, 0.3) is 0 Å². The normalized spacial score (nSPS) is 12.8. The van der Waals surface area contributed by atoms with Crippen molar-refractivity contribution in [2.75, 3.05) is 7.11 Å². The van der Waals surface area contributed by atoms with E-state index in [0.29, 0.717) is 4.83 Å². The number of benzene rings is 1. The van der Waals surface area contributed by atoms with E-state index < -0.39 is 0 Å². The summed E-state index contributed by atoms with van der Waals surface area (Å²) in [6, 6.07) is 8.36. The van der Waals surface area contributed by atoms with Crippen LogP contribution in [0.1, 0.15) is 32.3 Å². The van der Waals surface area contributed by atoms with Gasteiger partial charge in [0.05, 0.1) is 7.11 Å². The fraction of sp³-hybridized carbons (Fsp3) is 0.571. The third-order valence-corrected chi connectivity index (χ3v) is 4.22. The molecule has 0 saturated heterocycles. The van der Waals surface area contributed by atoms with Crippen LogP contribution in [0.2, 0.25) is 0 Å². The fourth-order valence-corrected chi connectivity index (χ4v) is 3.08. The number of rotatable bonds is 6. The molecule has 90 valence electrons. The lowest BCUT2D eigenvalue weighted by atomic mass is 9.95. The van der Waals surface area contributed by atoms with Crippen molar-refractivity contribution in [3.8, 4) is 5.75 Å². The van der Waals surface area contributed by atoms with Crippen LogP contribution in [0.3, 0.4) is 0 Å². The predicted octanol–water partition coefficient (Wildman–Crippen LogP) is 4.44. The zero-order valence-corrected chi connectivity index (χ0v) is 12.0.